The zero-order valence-corrected chi connectivity index (χ0v) is 12.7. The van der Waals surface area contributed by atoms with Gasteiger partial charge in [-0.25, -0.2) is 0 Å². The quantitative estimate of drug-likeness (QED) is 0.739. The summed E-state index contributed by atoms with van der Waals surface area (Å²) in [6.07, 6.45) is 2.30. The predicted molar refractivity (Wildman–Crippen MR) is 78.1 cm³/mol. The average Bonchev–Trinajstić information content (AvgIpc) is 2.30. The number of rotatable bonds is 7. The molecule has 0 aromatic heterocycles. The molecule has 0 fully saturated rings. The fourth-order valence-electron chi connectivity index (χ4n) is 1.39. The van der Waals surface area contributed by atoms with Gasteiger partial charge in [0.1, 0.15) is 0 Å². The topological polar surface area (TPSA) is 21.3 Å². The molecule has 0 aliphatic rings. The molecule has 0 aliphatic carbocycles. The van der Waals surface area contributed by atoms with Crippen molar-refractivity contribution in [3.63, 3.8) is 0 Å². The van der Waals surface area contributed by atoms with Crippen LogP contribution in [0.2, 0.25) is 5.02 Å². The van der Waals surface area contributed by atoms with Crippen molar-refractivity contribution in [2.24, 2.45) is 0 Å². The molecule has 0 saturated carbocycles. The molecule has 0 radical (unpaired) electrons. The summed E-state index contributed by atoms with van der Waals surface area (Å²) < 4.78 is 6.51. The van der Waals surface area contributed by atoms with Crippen LogP contribution >= 0.6 is 27.5 Å². The van der Waals surface area contributed by atoms with Crippen LogP contribution in [0.4, 0.5) is 5.69 Å². The molecule has 0 spiro atoms. The van der Waals surface area contributed by atoms with Crippen LogP contribution in [0.15, 0.2) is 16.6 Å². The standard InChI is InChI=1S/C13H19BrClNO/c1-3-4-6-17-7-5-16-13-9-12(15)10(2)8-11(13)14/h8-9,16H,3-7H2,1-2H3. The number of aryl methyl sites for hydroxylation is 1. The monoisotopic (exact) mass is 319 g/mol. The number of hydrogen-bond acceptors (Lipinski definition) is 2. The van der Waals surface area contributed by atoms with Crippen LogP contribution in [0.5, 0.6) is 0 Å². The van der Waals surface area contributed by atoms with Crippen LogP contribution in [0.3, 0.4) is 0 Å². The fraction of sp³-hybridized carbons (Fsp3) is 0.538. The smallest absolute Gasteiger partial charge is 0.0639 e. The summed E-state index contributed by atoms with van der Waals surface area (Å²) >= 11 is 9.59. The molecule has 4 heteroatoms. The van der Waals surface area contributed by atoms with Crippen LogP contribution < -0.4 is 5.32 Å². The highest BCUT2D eigenvalue weighted by atomic mass is 79.9. The van der Waals surface area contributed by atoms with Gasteiger partial charge in [0.2, 0.25) is 0 Å². The lowest BCUT2D eigenvalue weighted by molar-refractivity contribution is 0.141. The van der Waals surface area contributed by atoms with Gasteiger partial charge in [-0.2, -0.15) is 0 Å². The number of ether oxygens (including phenoxy) is 1. The van der Waals surface area contributed by atoms with Crippen molar-refractivity contribution in [2.75, 3.05) is 25.1 Å². The first-order valence-corrected chi connectivity index (χ1v) is 7.09. The first-order valence-electron chi connectivity index (χ1n) is 5.92. The maximum Gasteiger partial charge on any atom is 0.0639 e. The number of benzene rings is 1. The van der Waals surface area contributed by atoms with Crippen LogP contribution in [0.25, 0.3) is 0 Å². The second-order valence-corrected chi connectivity index (χ2v) is 5.24. The Morgan fingerprint density at radius 1 is 1.35 bits per heavy atom. The molecule has 17 heavy (non-hydrogen) atoms. The maximum absolute atomic E-state index is 6.08. The number of halogens is 2. The van der Waals surface area contributed by atoms with Crippen molar-refractivity contribution in [1.82, 2.24) is 0 Å². The third-order valence-electron chi connectivity index (χ3n) is 2.45. The summed E-state index contributed by atoms with van der Waals surface area (Å²) in [7, 11) is 0. The molecule has 1 aromatic carbocycles. The Morgan fingerprint density at radius 2 is 2.12 bits per heavy atom. The molecule has 0 amide bonds. The van der Waals surface area contributed by atoms with Crippen molar-refractivity contribution in [2.45, 2.75) is 26.7 Å². The van der Waals surface area contributed by atoms with Crippen LogP contribution in [-0.4, -0.2) is 19.8 Å². The molecule has 96 valence electrons. The van der Waals surface area contributed by atoms with Crippen molar-refractivity contribution >= 4 is 33.2 Å². The van der Waals surface area contributed by atoms with E-state index in [1.807, 2.05) is 19.1 Å². The van der Waals surface area contributed by atoms with E-state index >= 15 is 0 Å². The van der Waals surface area contributed by atoms with Crippen LogP contribution in [0.1, 0.15) is 25.3 Å². The van der Waals surface area contributed by atoms with Crippen molar-refractivity contribution in [1.29, 1.82) is 0 Å². The minimum atomic E-state index is 0.720. The Bertz CT molecular complexity index is 358. The Kier molecular flexibility index (Phi) is 6.93. The van der Waals surface area contributed by atoms with Gasteiger partial charge < -0.3 is 10.1 Å². The SMILES string of the molecule is CCCCOCCNc1cc(Cl)c(C)cc1Br. The molecule has 0 saturated heterocycles. The molecule has 0 unspecified atom stereocenters. The highest BCUT2D eigenvalue weighted by Crippen LogP contribution is 2.28. The number of anilines is 1. The van der Waals surface area contributed by atoms with Gasteiger partial charge in [0, 0.05) is 22.6 Å². The van der Waals surface area contributed by atoms with E-state index in [0.717, 1.165) is 46.9 Å². The first kappa shape index (κ1) is 14.8. The van der Waals surface area contributed by atoms with E-state index < -0.39 is 0 Å². The minimum absolute atomic E-state index is 0.720. The Balaban J connectivity index is 2.34. The predicted octanol–water partition coefficient (Wildman–Crippen LogP) is 4.64. The highest BCUT2D eigenvalue weighted by molar-refractivity contribution is 9.10. The molecule has 2 nitrogen and oxygen atoms in total. The molecule has 0 bridgehead atoms. The lowest BCUT2D eigenvalue weighted by atomic mass is 10.2. The largest absolute Gasteiger partial charge is 0.382 e. The van der Waals surface area contributed by atoms with E-state index in [2.05, 4.69) is 28.2 Å². The zero-order valence-electron chi connectivity index (χ0n) is 10.4. The lowest BCUT2D eigenvalue weighted by Crippen LogP contribution is -2.10. The van der Waals surface area contributed by atoms with E-state index in [1.165, 1.54) is 6.42 Å². The molecule has 0 atom stereocenters. The summed E-state index contributed by atoms with van der Waals surface area (Å²) in [5, 5.41) is 4.08. The highest BCUT2D eigenvalue weighted by Gasteiger charge is 2.03. The Morgan fingerprint density at radius 3 is 2.82 bits per heavy atom. The van der Waals surface area contributed by atoms with Crippen LogP contribution in [-0.2, 0) is 4.74 Å². The second kappa shape index (κ2) is 7.96. The van der Waals surface area contributed by atoms with E-state index in [4.69, 9.17) is 16.3 Å². The van der Waals surface area contributed by atoms with E-state index in [9.17, 15) is 0 Å². The van der Waals surface area contributed by atoms with Gasteiger partial charge >= 0.3 is 0 Å². The van der Waals surface area contributed by atoms with Gasteiger partial charge in [0.15, 0.2) is 0 Å². The van der Waals surface area contributed by atoms with Crippen molar-refractivity contribution in [3.05, 3.63) is 27.2 Å². The summed E-state index contributed by atoms with van der Waals surface area (Å²) in [4.78, 5) is 0. The van der Waals surface area contributed by atoms with Gasteiger partial charge in [0.05, 0.1) is 12.3 Å². The Hall–Kier alpha value is -0.250. The summed E-state index contributed by atoms with van der Waals surface area (Å²) in [6.45, 7) is 6.51. The third kappa shape index (κ3) is 5.28. The zero-order chi connectivity index (χ0) is 12.7. The number of unbranched alkanes of at least 4 members (excludes halogenated alkanes) is 1. The van der Waals surface area contributed by atoms with Gasteiger partial charge in [0.25, 0.3) is 0 Å². The third-order valence-corrected chi connectivity index (χ3v) is 3.52. The summed E-state index contributed by atoms with van der Waals surface area (Å²) in [5.41, 5.74) is 2.09. The maximum atomic E-state index is 6.08. The molecule has 1 rings (SSSR count). The molecular weight excluding hydrogens is 302 g/mol. The Labute approximate surface area is 117 Å². The van der Waals surface area contributed by atoms with E-state index in [0.29, 0.717) is 0 Å². The average molecular weight is 321 g/mol. The van der Waals surface area contributed by atoms with Gasteiger partial charge in [-0.1, -0.05) is 24.9 Å². The van der Waals surface area contributed by atoms with Gasteiger partial charge in [-0.3, -0.25) is 0 Å². The summed E-state index contributed by atoms with van der Waals surface area (Å²) in [6, 6.07) is 3.95. The molecular formula is C13H19BrClNO. The molecule has 0 heterocycles. The normalized spacial score (nSPS) is 10.6. The van der Waals surface area contributed by atoms with Crippen LogP contribution in [0, 0.1) is 6.92 Å². The molecule has 1 N–H and O–H groups in total. The molecule has 0 aliphatic heterocycles. The number of hydrogen-bond donors (Lipinski definition) is 1. The first-order chi connectivity index (χ1) is 8.15. The van der Waals surface area contributed by atoms with E-state index in [-0.39, 0.29) is 0 Å². The second-order valence-electron chi connectivity index (χ2n) is 3.97. The van der Waals surface area contributed by atoms with Crippen molar-refractivity contribution in [3.8, 4) is 0 Å². The number of nitrogens with one attached hydrogen (secondary N) is 1. The molecule has 1 aromatic rings. The fourth-order valence-corrected chi connectivity index (χ4v) is 2.15. The van der Waals surface area contributed by atoms with E-state index in [1.54, 1.807) is 0 Å². The van der Waals surface area contributed by atoms with Gasteiger partial charge in [-0.05, 0) is 47.0 Å². The summed E-state index contributed by atoms with van der Waals surface area (Å²) in [5.74, 6) is 0. The van der Waals surface area contributed by atoms with Gasteiger partial charge in [-0.15, -0.1) is 0 Å². The lowest BCUT2D eigenvalue weighted by Gasteiger charge is -2.10. The minimum Gasteiger partial charge on any atom is -0.382 e. The van der Waals surface area contributed by atoms with Crippen molar-refractivity contribution < 1.29 is 4.74 Å².